The van der Waals surface area contributed by atoms with E-state index in [1.165, 1.54) is 6.92 Å². The van der Waals surface area contributed by atoms with E-state index in [-0.39, 0.29) is 18.2 Å². The Labute approximate surface area is 150 Å². The van der Waals surface area contributed by atoms with Crippen molar-refractivity contribution in [1.29, 1.82) is 0 Å². The Balaban J connectivity index is 1.67. The monoisotopic (exact) mass is 360 g/mol. The fourth-order valence-corrected chi connectivity index (χ4v) is 3.77. The van der Waals surface area contributed by atoms with E-state index in [0.717, 1.165) is 22.9 Å². The molecule has 0 radical (unpaired) electrons. The number of benzene rings is 2. The number of ketones is 1. The molecular formula is C18H17ClN2O2S. The predicted molar refractivity (Wildman–Crippen MR) is 99.5 cm³/mol. The van der Waals surface area contributed by atoms with Gasteiger partial charge in [0.05, 0.1) is 12.2 Å². The van der Waals surface area contributed by atoms with E-state index < -0.39 is 0 Å². The van der Waals surface area contributed by atoms with Crippen LogP contribution in [0.3, 0.4) is 0 Å². The summed E-state index contributed by atoms with van der Waals surface area (Å²) in [7, 11) is 0. The number of hydrogen-bond acceptors (Lipinski definition) is 4. The molecule has 0 aliphatic carbocycles. The second kappa shape index (κ2) is 7.28. The second-order valence-corrected chi connectivity index (χ2v) is 7.14. The molecule has 1 heterocycles. The van der Waals surface area contributed by atoms with Gasteiger partial charge in [0, 0.05) is 33.5 Å². The lowest BCUT2D eigenvalue weighted by Crippen LogP contribution is -2.36. The number of halogens is 1. The molecule has 1 amide bonds. The van der Waals surface area contributed by atoms with Crippen LogP contribution >= 0.6 is 23.4 Å². The largest absolute Gasteiger partial charge is 0.360 e. The molecule has 0 bridgehead atoms. The van der Waals surface area contributed by atoms with Crippen molar-refractivity contribution in [2.24, 2.45) is 0 Å². The predicted octanol–water partition coefficient (Wildman–Crippen LogP) is 4.09. The summed E-state index contributed by atoms with van der Waals surface area (Å²) < 4.78 is 0. The molecule has 1 aliphatic rings. The molecule has 0 unspecified atom stereocenters. The summed E-state index contributed by atoms with van der Waals surface area (Å²) >= 11 is 7.86. The highest BCUT2D eigenvalue weighted by molar-refractivity contribution is 7.99. The fraction of sp³-hybridized carbons (Fsp3) is 0.222. The first-order chi connectivity index (χ1) is 11.5. The van der Waals surface area contributed by atoms with Gasteiger partial charge in [0.25, 0.3) is 0 Å². The molecule has 0 saturated carbocycles. The van der Waals surface area contributed by atoms with Gasteiger partial charge in [-0.2, -0.15) is 0 Å². The first kappa shape index (κ1) is 16.9. The lowest BCUT2D eigenvalue weighted by molar-refractivity contribution is -0.115. The minimum absolute atomic E-state index is 0.00665. The SMILES string of the molecule is CC(=O)c1ccc(NC(=O)CN2CCSc3ccc(Cl)cc32)cc1. The molecule has 124 valence electrons. The standard InChI is InChI=1S/C18H17ClN2O2S/c1-12(22)13-2-5-15(6-3-13)20-18(23)11-21-8-9-24-17-7-4-14(19)10-16(17)21/h2-7,10H,8-9,11H2,1H3,(H,20,23). The van der Waals surface area contributed by atoms with Crippen LogP contribution in [0, 0.1) is 0 Å². The van der Waals surface area contributed by atoms with Crippen molar-refractivity contribution < 1.29 is 9.59 Å². The summed E-state index contributed by atoms with van der Waals surface area (Å²) in [6, 6.07) is 12.7. The third kappa shape index (κ3) is 3.91. The van der Waals surface area contributed by atoms with E-state index in [0.29, 0.717) is 16.3 Å². The molecule has 0 aromatic heterocycles. The number of nitrogens with zero attached hydrogens (tertiary/aromatic N) is 1. The highest BCUT2D eigenvalue weighted by atomic mass is 35.5. The molecular weight excluding hydrogens is 344 g/mol. The zero-order chi connectivity index (χ0) is 17.1. The van der Waals surface area contributed by atoms with Gasteiger partial charge in [0.15, 0.2) is 5.78 Å². The zero-order valence-corrected chi connectivity index (χ0v) is 14.8. The van der Waals surface area contributed by atoms with Crippen molar-refractivity contribution in [3.8, 4) is 0 Å². The minimum Gasteiger partial charge on any atom is -0.360 e. The molecule has 3 rings (SSSR count). The molecule has 0 fully saturated rings. The van der Waals surface area contributed by atoms with Crippen LogP contribution in [0.4, 0.5) is 11.4 Å². The normalized spacial score (nSPS) is 13.3. The molecule has 4 nitrogen and oxygen atoms in total. The second-order valence-electron chi connectivity index (χ2n) is 5.56. The van der Waals surface area contributed by atoms with E-state index in [2.05, 4.69) is 5.32 Å². The Morgan fingerprint density at radius 1 is 1.21 bits per heavy atom. The van der Waals surface area contributed by atoms with Crippen LogP contribution in [0.15, 0.2) is 47.4 Å². The quantitative estimate of drug-likeness (QED) is 0.834. The van der Waals surface area contributed by atoms with Crippen molar-refractivity contribution in [1.82, 2.24) is 0 Å². The number of amides is 1. The summed E-state index contributed by atoms with van der Waals surface area (Å²) in [5.74, 6) is 0.852. The van der Waals surface area contributed by atoms with E-state index >= 15 is 0 Å². The number of anilines is 2. The average Bonchev–Trinajstić information content (AvgIpc) is 2.56. The van der Waals surface area contributed by atoms with Crippen LogP contribution in [0.1, 0.15) is 17.3 Å². The molecule has 0 saturated heterocycles. The number of Topliss-reactive ketones (excluding diaryl/α,β-unsaturated/α-hetero) is 1. The summed E-state index contributed by atoms with van der Waals surface area (Å²) in [6.45, 7) is 2.58. The molecule has 0 atom stereocenters. The molecule has 2 aromatic carbocycles. The van der Waals surface area contributed by atoms with Crippen molar-refractivity contribution in [2.75, 3.05) is 29.1 Å². The third-order valence-electron chi connectivity index (χ3n) is 3.79. The Morgan fingerprint density at radius 2 is 1.96 bits per heavy atom. The lowest BCUT2D eigenvalue weighted by Gasteiger charge is -2.30. The highest BCUT2D eigenvalue weighted by Gasteiger charge is 2.20. The molecule has 24 heavy (non-hydrogen) atoms. The van der Waals surface area contributed by atoms with E-state index in [4.69, 9.17) is 11.6 Å². The van der Waals surface area contributed by atoms with Gasteiger partial charge in [-0.15, -0.1) is 11.8 Å². The van der Waals surface area contributed by atoms with Crippen molar-refractivity contribution in [3.05, 3.63) is 53.1 Å². The van der Waals surface area contributed by atoms with Crippen LogP contribution in [-0.2, 0) is 4.79 Å². The Hall–Kier alpha value is -1.98. The van der Waals surface area contributed by atoms with Gasteiger partial charge in [0.1, 0.15) is 0 Å². The number of carbonyl (C=O) groups is 2. The molecule has 0 spiro atoms. The summed E-state index contributed by atoms with van der Waals surface area (Å²) in [5, 5.41) is 3.54. The maximum Gasteiger partial charge on any atom is 0.243 e. The van der Waals surface area contributed by atoms with Crippen LogP contribution in [0.25, 0.3) is 0 Å². The number of rotatable bonds is 4. The van der Waals surface area contributed by atoms with E-state index in [1.54, 1.807) is 36.0 Å². The van der Waals surface area contributed by atoms with Gasteiger partial charge in [-0.05, 0) is 49.4 Å². The van der Waals surface area contributed by atoms with Crippen LogP contribution < -0.4 is 10.2 Å². The first-order valence-corrected chi connectivity index (χ1v) is 8.97. The van der Waals surface area contributed by atoms with Crippen LogP contribution in [0.2, 0.25) is 5.02 Å². The maximum absolute atomic E-state index is 12.3. The van der Waals surface area contributed by atoms with Crippen molar-refractivity contribution in [3.63, 3.8) is 0 Å². The summed E-state index contributed by atoms with van der Waals surface area (Å²) in [5.41, 5.74) is 2.31. The summed E-state index contributed by atoms with van der Waals surface area (Å²) in [6.07, 6.45) is 0. The van der Waals surface area contributed by atoms with Crippen molar-refractivity contribution in [2.45, 2.75) is 11.8 Å². The van der Waals surface area contributed by atoms with E-state index in [1.807, 2.05) is 23.1 Å². The number of nitrogens with one attached hydrogen (secondary N) is 1. The van der Waals surface area contributed by atoms with Gasteiger partial charge >= 0.3 is 0 Å². The number of carbonyl (C=O) groups excluding carboxylic acids is 2. The number of hydrogen-bond donors (Lipinski definition) is 1. The van der Waals surface area contributed by atoms with E-state index in [9.17, 15) is 9.59 Å². The zero-order valence-electron chi connectivity index (χ0n) is 13.2. The smallest absolute Gasteiger partial charge is 0.243 e. The van der Waals surface area contributed by atoms with Crippen LogP contribution in [0.5, 0.6) is 0 Å². The third-order valence-corrected chi connectivity index (χ3v) is 5.07. The number of thioether (sulfide) groups is 1. The van der Waals surface area contributed by atoms with Gasteiger partial charge in [-0.3, -0.25) is 9.59 Å². The minimum atomic E-state index is -0.0941. The van der Waals surface area contributed by atoms with Crippen LogP contribution in [-0.4, -0.2) is 30.5 Å². The van der Waals surface area contributed by atoms with Gasteiger partial charge in [-0.25, -0.2) is 0 Å². The fourth-order valence-electron chi connectivity index (χ4n) is 2.57. The van der Waals surface area contributed by atoms with Gasteiger partial charge < -0.3 is 10.2 Å². The molecule has 1 N–H and O–H groups in total. The Bertz CT molecular complexity index is 777. The topological polar surface area (TPSA) is 49.4 Å². The Kier molecular flexibility index (Phi) is 5.11. The first-order valence-electron chi connectivity index (χ1n) is 7.61. The average molecular weight is 361 g/mol. The van der Waals surface area contributed by atoms with Crippen molar-refractivity contribution >= 4 is 46.4 Å². The molecule has 6 heteroatoms. The summed E-state index contributed by atoms with van der Waals surface area (Å²) in [4.78, 5) is 26.8. The van der Waals surface area contributed by atoms with Gasteiger partial charge in [-0.1, -0.05) is 11.6 Å². The highest BCUT2D eigenvalue weighted by Crippen LogP contribution is 2.36. The molecule has 1 aliphatic heterocycles. The Morgan fingerprint density at radius 3 is 2.67 bits per heavy atom. The maximum atomic E-state index is 12.3. The molecule has 2 aromatic rings. The lowest BCUT2D eigenvalue weighted by atomic mass is 10.1. The number of fused-ring (bicyclic) bond motifs is 1. The van der Waals surface area contributed by atoms with Gasteiger partial charge in [0.2, 0.25) is 5.91 Å².